The first-order valence-electron chi connectivity index (χ1n) is 8.85. The zero-order valence-corrected chi connectivity index (χ0v) is 16.1. The molecule has 0 spiro atoms. The summed E-state index contributed by atoms with van der Waals surface area (Å²) < 4.78 is 26.6. The van der Waals surface area contributed by atoms with Crippen LogP contribution in [0.25, 0.3) is 0 Å². The first-order valence-corrected chi connectivity index (χ1v) is 9.89. The van der Waals surface area contributed by atoms with Gasteiger partial charge in [0, 0.05) is 12.4 Å². The minimum absolute atomic E-state index is 0.108. The van der Waals surface area contributed by atoms with E-state index < -0.39 is 0 Å². The van der Waals surface area contributed by atoms with Gasteiger partial charge in [0.1, 0.15) is 11.6 Å². The molecule has 3 aromatic rings. The number of carbonyl (C=O) groups excluding carboxylic acids is 1. The van der Waals surface area contributed by atoms with Crippen molar-refractivity contribution in [1.82, 2.24) is 10.3 Å². The van der Waals surface area contributed by atoms with Crippen molar-refractivity contribution in [3.05, 3.63) is 101 Å². The maximum atomic E-state index is 13.3. The molecule has 1 atom stereocenters. The molecule has 0 unspecified atom stereocenters. The van der Waals surface area contributed by atoms with Crippen molar-refractivity contribution in [1.29, 1.82) is 0 Å². The fraction of sp³-hybridized carbons (Fsp3) is 0.182. The summed E-state index contributed by atoms with van der Waals surface area (Å²) in [6.45, 7) is 1.91. The number of nitrogens with one attached hydrogen (secondary N) is 1. The lowest BCUT2D eigenvalue weighted by Gasteiger charge is -2.19. The van der Waals surface area contributed by atoms with Gasteiger partial charge in [0.15, 0.2) is 0 Å². The van der Waals surface area contributed by atoms with E-state index >= 15 is 0 Å². The summed E-state index contributed by atoms with van der Waals surface area (Å²) in [4.78, 5) is 16.4. The summed E-state index contributed by atoms with van der Waals surface area (Å²) in [7, 11) is 0. The van der Waals surface area contributed by atoms with Crippen LogP contribution in [0.3, 0.4) is 0 Å². The molecule has 1 amide bonds. The molecule has 3 nitrogen and oxygen atoms in total. The van der Waals surface area contributed by atoms with Crippen molar-refractivity contribution in [2.75, 3.05) is 5.75 Å². The number of thioether (sulfide) groups is 1. The number of carbonyl (C=O) groups is 1. The number of hydrogen-bond acceptors (Lipinski definition) is 3. The van der Waals surface area contributed by atoms with Crippen molar-refractivity contribution >= 4 is 17.7 Å². The highest BCUT2D eigenvalue weighted by atomic mass is 32.2. The van der Waals surface area contributed by atoms with Crippen LogP contribution >= 0.6 is 11.8 Å². The van der Waals surface area contributed by atoms with E-state index in [2.05, 4.69) is 10.3 Å². The highest BCUT2D eigenvalue weighted by Gasteiger charge is 2.18. The third kappa shape index (κ3) is 5.39. The Morgan fingerprint density at radius 1 is 0.893 bits per heavy atom. The van der Waals surface area contributed by atoms with Crippen LogP contribution in [0.4, 0.5) is 8.78 Å². The van der Waals surface area contributed by atoms with Crippen LogP contribution in [-0.4, -0.2) is 16.6 Å². The summed E-state index contributed by atoms with van der Waals surface area (Å²) in [5, 5.41) is 2.76. The van der Waals surface area contributed by atoms with Crippen molar-refractivity contribution < 1.29 is 13.6 Å². The maximum absolute atomic E-state index is 13.3. The highest BCUT2D eigenvalue weighted by molar-refractivity contribution is 8.00. The molecule has 1 heterocycles. The molecule has 0 radical (unpaired) electrons. The molecule has 144 valence electrons. The maximum Gasteiger partial charge on any atom is 0.230 e. The van der Waals surface area contributed by atoms with Crippen LogP contribution in [0.2, 0.25) is 0 Å². The van der Waals surface area contributed by atoms with Gasteiger partial charge in [-0.05, 0) is 60.0 Å². The minimum Gasteiger partial charge on any atom is -0.349 e. The fourth-order valence-corrected chi connectivity index (χ4v) is 3.94. The molecule has 2 aromatic carbocycles. The number of halogens is 2. The molecular formula is C22H20F2N2OS. The number of aromatic nitrogens is 1. The van der Waals surface area contributed by atoms with E-state index in [9.17, 15) is 13.6 Å². The Bertz CT molecular complexity index is 857. The van der Waals surface area contributed by atoms with Crippen LogP contribution in [0.5, 0.6) is 0 Å². The van der Waals surface area contributed by atoms with E-state index in [1.165, 1.54) is 36.0 Å². The lowest BCUT2D eigenvalue weighted by molar-refractivity contribution is -0.119. The van der Waals surface area contributed by atoms with E-state index in [1.54, 1.807) is 36.7 Å². The Kier molecular flexibility index (Phi) is 6.76. The second kappa shape index (κ2) is 9.46. The van der Waals surface area contributed by atoms with Crippen molar-refractivity contribution in [2.24, 2.45) is 0 Å². The van der Waals surface area contributed by atoms with Crippen molar-refractivity contribution in [3.8, 4) is 0 Å². The van der Waals surface area contributed by atoms with Gasteiger partial charge in [-0.3, -0.25) is 9.78 Å². The topological polar surface area (TPSA) is 42.0 Å². The van der Waals surface area contributed by atoms with Gasteiger partial charge >= 0.3 is 0 Å². The summed E-state index contributed by atoms with van der Waals surface area (Å²) >= 11 is 1.42. The van der Waals surface area contributed by atoms with E-state index in [0.29, 0.717) is 0 Å². The van der Waals surface area contributed by atoms with Gasteiger partial charge in [0.2, 0.25) is 5.91 Å². The molecule has 0 aliphatic heterocycles. The Balaban J connectivity index is 1.70. The summed E-state index contributed by atoms with van der Waals surface area (Å²) in [6, 6.07) is 15.9. The van der Waals surface area contributed by atoms with Gasteiger partial charge in [-0.1, -0.05) is 24.3 Å². The zero-order chi connectivity index (χ0) is 19.9. The van der Waals surface area contributed by atoms with Gasteiger partial charge in [0.25, 0.3) is 0 Å². The first-order chi connectivity index (χ1) is 13.5. The lowest BCUT2D eigenvalue weighted by Crippen LogP contribution is -2.28. The van der Waals surface area contributed by atoms with Crippen LogP contribution in [0, 0.1) is 11.6 Å². The number of benzene rings is 2. The SMILES string of the molecule is C[C@@H](NC(=O)CSC(c1ccc(F)cc1)c1ccc(F)cc1)c1ccncc1. The zero-order valence-electron chi connectivity index (χ0n) is 15.3. The molecule has 6 heteroatoms. The lowest BCUT2D eigenvalue weighted by atomic mass is 10.0. The molecule has 0 bridgehead atoms. The normalized spacial score (nSPS) is 12.0. The van der Waals surface area contributed by atoms with E-state index in [0.717, 1.165) is 16.7 Å². The van der Waals surface area contributed by atoms with Crippen LogP contribution in [0.15, 0.2) is 73.1 Å². The monoisotopic (exact) mass is 398 g/mol. The molecule has 1 N–H and O–H groups in total. The first kappa shape index (κ1) is 20.0. The molecule has 0 saturated heterocycles. The minimum atomic E-state index is -0.324. The number of pyridine rings is 1. The molecule has 0 fully saturated rings. The van der Waals surface area contributed by atoms with Gasteiger partial charge in [-0.2, -0.15) is 0 Å². The second-order valence-corrected chi connectivity index (χ2v) is 7.46. The Labute approximate surface area is 167 Å². The van der Waals surface area contributed by atoms with Gasteiger partial charge < -0.3 is 5.32 Å². The quantitative estimate of drug-likeness (QED) is 0.605. The Morgan fingerprint density at radius 3 is 1.89 bits per heavy atom. The summed E-state index contributed by atoms with van der Waals surface area (Å²) in [5.41, 5.74) is 2.68. The fourth-order valence-electron chi connectivity index (χ4n) is 2.84. The number of rotatable bonds is 7. The molecule has 1 aromatic heterocycles. The van der Waals surface area contributed by atoms with Crippen molar-refractivity contribution in [3.63, 3.8) is 0 Å². The molecule has 28 heavy (non-hydrogen) atoms. The molecule has 0 aliphatic carbocycles. The second-order valence-electron chi connectivity index (χ2n) is 6.36. The van der Waals surface area contributed by atoms with Gasteiger partial charge in [-0.25, -0.2) is 8.78 Å². The molecule has 0 saturated carbocycles. The van der Waals surface area contributed by atoms with E-state index in [-0.39, 0.29) is 34.6 Å². The highest BCUT2D eigenvalue weighted by Crippen LogP contribution is 2.35. The number of hydrogen-bond donors (Lipinski definition) is 1. The van der Waals surface area contributed by atoms with E-state index in [4.69, 9.17) is 0 Å². The van der Waals surface area contributed by atoms with Crippen LogP contribution in [-0.2, 0) is 4.79 Å². The Hall–Kier alpha value is -2.73. The summed E-state index contributed by atoms with van der Waals surface area (Å²) in [6.07, 6.45) is 3.37. The average molecular weight is 398 g/mol. The molecule has 3 rings (SSSR count). The largest absolute Gasteiger partial charge is 0.349 e. The van der Waals surface area contributed by atoms with Gasteiger partial charge in [0.05, 0.1) is 17.0 Å². The Morgan fingerprint density at radius 2 is 1.39 bits per heavy atom. The third-order valence-electron chi connectivity index (χ3n) is 4.31. The van der Waals surface area contributed by atoms with Gasteiger partial charge in [-0.15, -0.1) is 11.8 Å². The predicted molar refractivity (Wildman–Crippen MR) is 108 cm³/mol. The van der Waals surface area contributed by atoms with E-state index in [1.807, 2.05) is 19.1 Å². The van der Waals surface area contributed by atoms with Crippen LogP contribution in [0.1, 0.15) is 34.9 Å². The smallest absolute Gasteiger partial charge is 0.230 e. The van der Waals surface area contributed by atoms with Crippen LogP contribution < -0.4 is 5.32 Å². The standard InChI is InChI=1S/C22H20F2N2OS/c1-15(16-10-12-25-13-11-16)26-21(27)14-28-22(17-2-6-19(23)7-3-17)18-4-8-20(24)9-5-18/h2-13,15,22H,14H2,1H3,(H,26,27)/t15-/m1/s1. The number of nitrogens with zero attached hydrogens (tertiary/aromatic N) is 1. The van der Waals surface area contributed by atoms with Crippen molar-refractivity contribution in [2.45, 2.75) is 18.2 Å². The molecule has 0 aliphatic rings. The number of amides is 1. The molecular weight excluding hydrogens is 378 g/mol. The predicted octanol–water partition coefficient (Wildman–Crippen LogP) is 5.06. The summed E-state index contributed by atoms with van der Waals surface area (Å²) in [5.74, 6) is -0.538. The third-order valence-corrected chi connectivity index (χ3v) is 5.62. The average Bonchev–Trinajstić information content (AvgIpc) is 2.71.